The Hall–Kier alpha value is -3.70. The lowest BCUT2D eigenvalue weighted by Crippen LogP contribution is -1.89. The first kappa shape index (κ1) is 31.6. The van der Waals surface area contributed by atoms with Gasteiger partial charge in [0.15, 0.2) is 0 Å². The van der Waals surface area contributed by atoms with E-state index < -0.39 is 0 Å². The molecule has 0 aromatic carbocycles. The zero-order valence-electron chi connectivity index (χ0n) is 26.5. The summed E-state index contributed by atoms with van der Waals surface area (Å²) in [6.45, 7) is 9.04. The highest BCUT2D eigenvalue weighted by Gasteiger charge is 2.18. The maximum Gasteiger partial charge on any atom is 0.133 e. The fourth-order valence-electron chi connectivity index (χ4n) is 5.46. The Bertz CT molecular complexity index is 2290. The smallest absolute Gasteiger partial charge is 0.133 e. The van der Waals surface area contributed by atoms with Crippen LogP contribution in [0.2, 0.25) is 0 Å². The van der Waals surface area contributed by atoms with Gasteiger partial charge in [0.25, 0.3) is 0 Å². The Kier molecular flexibility index (Phi) is 8.75. The zero-order valence-corrected chi connectivity index (χ0v) is 31.4. The molecule has 0 unspecified atom stereocenters. The molecule has 8 heterocycles. The van der Waals surface area contributed by atoms with Gasteiger partial charge in [-0.15, -0.1) is 45.3 Å². The van der Waals surface area contributed by atoms with E-state index in [2.05, 4.69) is 106 Å². The number of fused-ring (bicyclic) bond motifs is 2. The molecule has 8 aromatic heterocycles. The van der Waals surface area contributed by atoms with Crippen LogP contribution in [0.5, 0.6) is 0 Å². The summed E-state index contributed by atoms with van der Waals surface area (Å²) in [5, 5.41) is 0. The van der Waals surface area contributed by atoms with Gasteiger partial charge in [-0.3, -0.25) is 9.97 Å². The van der Waals surface area contributed by atoms with Crippen LogP contribution in [-0.2, 0) is 12.8 Å². The molecule has 6 nitrogen and oxygen atoms in total. The Labute approximate surface area is 302 Å². The fourth-order valence-corrected chi connectivity index (χ4v) is 11.2. The quantitative estimate of drug-likeness (QED) is 0.145. The summed E-state index contributed by atoms with van der Waals surface area (Å²) in [6.07, 6.45) is 5.82. The lowest BCUT2D eigenvalue weighted by atomic mass is 10.1. The molecule has 8 rings (SSSR count). The van der Waals surface area contributed by atoms with Gasteiger partial charge in [-0.25, -0.2) is 0 Å². The summed E-state index contributed by atoms with van der Waals surface area (Å²) in [7, 11) is 0. The molecule has 12 heteroatoms. The number of hydrogen-bond acceptors (Lipinski definition) is 12. The molecule has 0 aliphatic carbocycles. The fraction of sp³-hybridized carbons (Fsp3) is 0.222. The lowest BCUT2D eigenvalue weighted by molar-refractivity contribution is 0.654. The van der Waals surface area contributed by atoms with Gasteiger partial charge in [-0.05, 0) is 73.2 Å². The first-order chi connectivity index (χ1) is 23.4. The molecule has 0 spiro atoms. The SMILES string of the molecule is CC(C)Cc1ccc(-c2ccc(-c3ncc(C#Cc4cnc(-c5ccc(-c6ccc(CC(C)C)s6)s5)c5nsnc45)c4nsnc34)s2)s1. The molecule has 48 heavy (non-hydrogen) atoms. The number of hydrogen-bond donors (Lipinski definition) is 0. The lowest BCUT2D eigenvalue weighted by Gasteiger charge is -2.01. The van der Waals surface area contributed by atoms with Crippen LogP contribution in [-0.4, -0.2) is 27.5 Å². The number of nitrogens with zero attached hydrogens (tertiary/aromatic N) is 6. The second kappa shape index (κ2) is 13.3. The third kappa shape index (κ3) is 6.27. The van der Waals surface area contributed by atoms with Crippen molar-refractivity contribution < 1.29 is 0 Å². The van der Waals surface area contributed by atoms with Crippen molar-refractivity contribution in [2.24, 2.45) is 11.8 Å². The van der Waals surface area contributed by atoms with Crippen LogP contribution in [0.15, 0.2) is 60.9 Å². The minimum Gasteiger partial charge on any atom is -0.252 e. The van der Waals surface area contributed by atoms with E-state index in [0.29, 0.717) is 11.8 Å². The van der Waals surface area contributed by atoms with Crippen molar-refractivity contribution in [2.75, 3.05) is 0 Å². The summed E-state index contributed by atoms with van der Waals surface area (Å²) in [4.78, 5) is 19.7. The largest absolute Gasteiger partial charge is 0.252 e. The van der Waals surface area contributed by atoms with E-state index in [1.807, 2.05) is 22.7 Å². The average Bonchev–Trinajstić information content (AvgIpc) is 3.90. The molecular weight excluding hydrogens is 709 g/mol. The number of pyridine rings is 2. The monoisotopic (exact) mass is 736 g/mol. The summed E-state index contributed by atoms with van der Waals surface area (Å²) in [6, 6.07) is 17.6. The molecule has 0 aliphatic rings. The Morgan fingerprint density at radius 3 is 1.29 bits per heavy atom. The highest BCUT2D eigenvalue weighted by molar-refractivity contribution is 7.24. The van der Waals surface area contributed by atoms with E-state index in [4.69, 9.17) is 9.97 Å². The van der Waals surface area contributed by atoms with Crippen molar-refractivity contribution in [1.29, 1.82) is 0 Å². The van der Waals surface area contributed by atoms with Crippen molar-refractivity contribution in [3.05, 3.63) is 81.8 Å². The van der Waals surface area contributed by atoms with Crippen molar-refractivity contribution in [3.63, 3.8) is 0 Å². The van der Waals surface area contributed by atoms with E-state index in [0.717, 1.165) is 67.2 Å². The van der Waals surface area contributed by atoms with Crippen LogP contribution < -0.4 is 0 Å². The van der Waals surface area contributed by atoms with Gasteiger partial charge in [-0.1, -0.05) is 39.5 Å². The maximum absolute atomic E-state index is 4.84. The van der Waals surface area contributed by atoms with Crippen LogP contribution in [0.4, 0.5) is 0 Å². The summed E-state index contributed by atoms with van der Waals surface area (Å²) in [5.74, 6) is 7.89. The predicted octanol–water partition coefficient (Wildman–Crippen LogP) is 11.2. The van der Waals surface area contributed by atoms with Crippen molar-refractivity contribution >= 4 is 90.9 Å². The van der Waals surface area contributed by atoms with Gasteiger partial charge < -0.3 is 0 Å². The Balaban J connectivity index is 1.07. The predicted molar refractivity (Wildman–Crippen MR) is 207 cm³/mol. The normalized spacial score (nSPS) is 11.7. The van der Waals surface area contributed by atoms with Gasteiger partial charge in [0.1, 0.15) is 33.5 Å². The summed E-state index contributed by atoms with van der Waals surface area (Å²) >= 11 is 9.59. The topological polar surface area (TPSA) is 77.3 Å². The molecule has 0 bridgehead atoms. The van der Waals surface area contributed by atoms with Crippen molar-refractivity contribution in [2.45, 2.75) is 40.5 Å². The highest BCUT2D eigenvalue weighted by atomic mass is 32.1. The maximum atomic E-state index is 4.84. The van der Waals surface area contributed by atoms with Crippen LogP contribution >= 0.6 is 68.8 Å². The second-order valence-corrected chi connectivity index (χ2v) is 17.8. The van der Waals surface area contributed by atoms with Gasteiger partial charge in [0.05, 0.1) is 44.3 Å². The van der Waals surface area contributed by atoms with E-state index in [1.165, 1.54) is 52.7 Å². The number of rotatable bonds is 8. The number of aromatic nitrogens is 6. The van der Waals surface area contributed by atoms with Crippen LogP contribution in [0.3, 0.4) is 0 Å². The first-order valence-electron chi connectivity index (χ1n) is 15.5. The van der Waals surface area contributed by atoms with Crippen molar-refractivity contribution in [3.8, 4) is 52.5 Å². The molecule has 8 aromatic rings. The van der Waals surface area contributed by atoms with Gasteiger partial charge >= 0.3 is 0 Å². The molecular formula is C36H28N6S6. The molecule has 0 amide bonds. The minimum atomic E-state index is 0.645. The second-order valence-electron chi connectivity index (χ2n) is 12.3. The van der Waals surface area contributed by atoms with Gasteiger partial charge in [0, 0.05) is 41.7 Å². The molecule has 0 saturated carbocycles. The molecule has 0 atom stereocenters. The molecule has 0 aliphatic heterocycles. The third-order valence-corrected chi connectivity index (χ3v) is 13.5. The Morgan fingerprint density at radius 2 is 0.854 bits per heavy atom. The zero-order chi connectivity index (χ0) is 32.8. The van der Waals surface area contributed by atoms with Crippen LogP contribution in [0.1, 0.15) is 48.6 Å². The van der Waals surface area contributed by atoms with E-state index in [9.17, 15) is 0 Å². The van der Waals surface area contributed by atoms with E-state index in [1.54, 1.807) is 35.1 Å². The molecule has 0 radical (unpaired) electrons. The molecule has 0 N–H and O–H groups in total. The number of thiophene rings is 4. The molecule has 238 valence electrons. The standard InChI is InChI=1S/C36H28N6S6/c1-19(2)15-23-7-9-25(43-23)27-11-13-29(45-27)33-35-31(39-47-41-35)21(17-37-33)5-6-22-18-38-34(36-32(22)40-48-42-36)30-14-12-28(46-30)26-10-8-24(44-26)16-20(3)4/h7-14,17-20H,15-16H2,1-4H3. The van der Waals surface area contributed by atoms with Crippen LogP contribution in [0.25, 0.3) is 62.7 Å². The first-order valence-corrected chi connectivity index (χ1v) is 20.3. The third-order valence-electron chi connectivity index (χ3n) is 7.62. The molecule has 0 saturated heterocycles. The van der Waals surface area contributed by atoms with Gasteiger partial charge in [-0.2, -0.15) is 17.5 Å². The van der Waals surface area contributed by atoms with E-state index >= 15 is 0 Å². The highest BCUT2D eigenvalue weighted by Crippen LogP contribution is 2.41. The van der Waals surface area contributed by atoms with Crippen LogP contribution in [0, 0.1) is 23.7 Å². The summed E-state index contributed by atoms with van der Waals surface area (Å²) < 4.78 is 18.5. The van der Waals surface area contributed by atoms with E-state index in [-0.39, 0.29) is 0 Å². The Morgan fingerprint density at radius 1 is 0.479 bits per heavy atom. The minimum absolute atomic E-state index is 0.645. The van der Waals surface area contributed by atoms with Gasteiger partial charge in [0.2, 0.25) is 0 Å². The van der Waals surface area contributed by atoms with Crippen molar-refractivity contribution in [1.82, 2.24) is 27.5 Å². The average molecular weight is 737 g/mol. The summed E-state index contributed by atoms with van der Waals surface area (Å²) in [5.41, 5.74) is 6.20. The molecule has 0 fully saturated rings.